The normalized spacial score (nSPS) is 11.5. The van der Waals surface area contributed by atoms with E-state index in [0.717, 1.165) is 33.3 Å². The Labute approximate surface area is 125 Å². The van der Waals surface area contributed by atoms with Crippen LogP contribution in [0.3, 0.4) is 0 Å². The van der Waals surface area contributed by atoms with Crippen molar-refractivity contribution in [1.29, 1.82) is 0 Å². The molecule has 0 saturated heterocycles. The summed E-state index contributed by atoms with van der Waals surface area (Å²) in [4.78, 5) is 18.4. The second kappa shape index (κ2) is 4.27. The molecule has 0 amide bonds. The number of hydrogen-bond acceptors (Lipinski definition) is 1. The molecule has 2 heterocycles. The average molecular weight is 298 g/mol. The molecule has 0 unspecified atom stereocenters. The number of halogens is 1. The van der Waals surface area contributed by atoms with Gasteiger partial charge in [0.25, 0.3) is 0 Å². The number of rotatable bonds is 1. The Bertz CT molecular complexity index is 1020. The Morgan fingerprint density at radius 2 is 1.81 bits per heavy atom. The van der Waals surface area contributed by atoms with Crippen molar-refractivity contribution in [2.24, 2.45) is 0 Å². The third-order valence-corrected chi connectivity index (χ3v) is 3.92. The van der Waals surface area contributed by atoms with Crippen molar-refractivity contribution in [3.63, 3.8) is 0 Å². The summed E-state index contributed by atoms with van der Waals surface area (Å²) in [6.45, 7) is 2.04. The second-order valence-corrected chi connectivity index (χ2v) is 5.58. The van der Waals surface area contributed by atoms with Crippen molar-refractivity contribution < 1.29 is 0 Å². The fourth-order valence-corrected chi connectivity index (χ4v) is 2.84. The van der Waals surface area contributed by atoms with E-state index in [-0.39, 0.29) is 5.69 Å². The Balaban J connectivity index is 2.14. The van der Waals surface area contributed by atoms with E-state index in [2.05, 4.69) is 16.0 Å². The topological polar surface area (TPSA) is 53.6 Å². The van der Waals surface area contributed by atoms with Crippen molar-refractivity contribution in [2.75, 3.05) is 0 Å². The summed E-state index contributed by atoms with van der Waals surface area (Å²) in [5.41, 5.74) is 4.38. The first kappa shape index (κ1) is 12.3. The fraction of sp³-hybridized carbons (Fsp3) is 0.0625. The summed E-state index contributed by atoms with van der Waals surface area (Å²) in [6, 6.07) is 13.4. The van der Waals surface area contributed by atoms with Gasteiger partial charge in [-0.15, -0.1) is 0 Å². The number of nitrogens with one attached hydrogen (secondary N) is 2. The molecule has 2 aromatic carbocycles. The predicted octanol–water partition coefficient (Wildman–Crippen LogP) is 3.76. The van der Waals surface area contributed by atoms with Crippen LogP contribution in [-0.4, -0.2) is 14.5 Å². The average Bonchev–Trinajstić information content (AvgIpc) is 2.95. The number of H-pyrrole nitrogens is 2. The zero-order valence-corrected chi connectivity index (χ0v) is 12.0. The summed E-state index contributed by atoms with van der Waals surface area (Å²) >= 11 is 5.92. The molecule has 4 rings (SSSR count). The molecular formula is C16H12ClN3O. The Hall–Kier alpha value is -2.46. The van der Waals surface area contributed by atoms with Crippen LogP contribution in [0, 0.1) is 6.92 Å². The molecule has 0 aliphatic carbocycles. The minimum atomic E-state index is -0.165. The minimum Gasteiger partial charge on any atom is -0.339 e. The maximum absolute atomic E-state index is 12.3. The molecule has 0 bridgehead atoms. The fourth-order valence-electron chi connectivity index (χ4n) is 2.72. The highest BCUT2D eigenvalue weighted by Gasteiger charge is 2.14. The molecule has 0 aliphatic rings. The standard InChI is InChI=1S/C16H12ClN3O/c1-9-2-7-13-12(8-9)14-15(18-13)19-16(21)20(14)11-5-3-10(17)4-6-11/h2-8,18H,1H3,(H,19,21). The number of aromatic amines is 2. The number of hydrogen-bond donors (Lipinski definition) is 2. The molecule has 21 heavy (non-hydrogen) atoms. The van der Waals surface area contributed by atoms with Gasteiger partial charge in [-0.2, -0.15) is 0 Å². The van der Waals surface area contributed by atoms with Crippen LogP contribution < -0.4 is 5.69 Å². The van der Waals surface area contributed by atoms with E-state index in [4.69, 9.17) is 11.6 Å². The summed E-state index contributed by atoms with van der Waals surface area (Å²) < 4.78 is 1.67. The largest absolute Gasteiger partial charge is 0.339 e. The Morgan fingerprint density at radius 3 is 2.57 bits per heavy atom. The molecule has 4 nitrogen and oxygen atoms in total. The first-order chi connectivity index (χ1) is 10.1. The molecule has 4 aromatic rings. The summed E-state index contributed by atoms with van der Waals surface area (Å²) in [6.07, 6.45) is 0. The van der Waals surface area contributed by atoms with Crippen LogP contribution in [0.2, 0.25) is 5.02 Å². The first-order valence-corrected chi connectivity index (χ1v) is 7.00. The number of aryl methyl sites for hydroxylation is 1. The van der Waals surface area contributed by atoms with Gasteiger partial charge in [0, 0.05) is 15.9 Å². The zero-order chi connectivity index (χ0) is 14.6. The van der Waals surface area contributed by atoms with Crippen molar-refractivity contribution in [2.45, 2.75) is 6.92 Å². The number of aromatic nitrogens is 3. The number of nitrogens with zero attached hydrogens (tertiary/aromatic N) is 1. The maximum Gasteiger partial charge on any atom is 0.332 e. The zero-order valence-electron chi connectivity index (χ0n) is 11.3. The van der Waals surface area contributed by atoms with E-state index in [1.54, 1.807) is 16.7 Å². The van der Waals surface area contributed by atoms with Gasteiger partial charge in [-0.3, -0.25) is 9.55 Å². The minimum absolute atomic E-state index is 0.165. The predicted molar refractivity (Wildman–Crippen MR) is 85.5 cm³/mol. The molecule has 0 atom stereocenters. The SMILES string of the molecule is Cc1ccc2[nH]c3[nH]c(=O)n(-c4ccc(Cl)cc4)c3c2c1. The van der Waals surface area contributed by atoms with Gasteiger partial charge in [0.05, 0.1) is 5.69 Å². The van der Waals surface area contributed by atoms with Crippen LogP contribution in [0.15, 0.2) is 47.3 Å². The summed E-state index contributed by atoms with van der Waals surface area (Å²) in [5.74, 6) is 0. The highest BCUT2D eigenvalue weighted by Crippen LogP contribution is 2.26. The van der Waals surface area contributed by atoms with Crippen molar-refractivity contribution in [3.8, 4) is 5.69 Å². The molecule has 5 heteroatoms. The van der Waals surface area contributed by atoms with E-state index in [1.165, 1.54) is 0 Å². The quantitative estimate of drug-likeness (QED) is 0.552. The monoisotopic (exact) mass is 297 g/mol. The Kier molecular flexibility index (Phi) is 2.50. The molecule has 104 valence electrons. The summed E-state index contributed by atoms with van der Waals surface area (Å²) in [5, 5.41) is 1.67. The van der Waals surface area contributed by atoms with Crippen molar-refractivity contribution in [1.82, 2.24) is 14.5 Å². The molecule has 0 saturated carbocycles. The van der Waals surface area contributed by atoms with Gasteiger partial charge in [-0.1, -0.05) is 23.2 Å². The van der Waals surface area contributed by atoms with Crippen LogP contribution >= 0.6 is 11.6 Å². The van der Waals surface area contributed by atoms with Gasteiger partial charge in [-0.25, -0.2) is 4.79 Å². The van der Waals surface area contributed by atoms with Crippen LogP contribution in [-0.2, 0) is 0 Å². The van der Waals surface area contributed by atoms with Gasteiger partial charge in [0.15, 0.2) is 0 Å². The molecule has 0 radical (unpaired) electrons. The number of imidazole rings is 1. The van der Waals surface area contributed by atoms with Gasteiger partial charge in [0.2, 0.25) is 0 Å². The van der Waals surface area contributed by atoms with Crippen LogP contribution in [0.5, 0.6) is 0 Å². The van der Waals surface area contributed by atoms with E-state index in [9.17, 15) is 4.79 Å². The second-order valence-electron chi connectivity index (χ2n) is 5.14. The molecule has 0 fully saturated rings. The lowest BCUT2D eigenvalue weighted by Crippen LogP contribution is -2.14. The maximum atomic E-state index is 12.3. The molecular weight excluding hydrogens is 286 g/mol. The third kappa shape index (κ3) is 1.80. The Morgan fingerprint density at radius 1 is 1.05 bits per heavy atom. The molecule has 0 spiro atoms. The number of fused-ring (bicyclic) bond motifs is 3. The highest BCUT2D eigenvalue weighted by molar-refractivity contribution is 6.30. The molecule has 0 aliphatic heterocycles. The first-order valence-electron chi connectivity index (χ1n) is 6.62. The van der Waals surface area contributed by atoms with Crippen LogP contribution in [0.4, 0.5) is 0 Å². The van der Waals surface area contributed by atoms with Gasteiger partial charge >= 0.3 is 5.69 Å². The van der Waals surface area contributed by atoms with E-state index in [1.807, 2.05) is 31.2 Å². The van der Waals surface area contributed by atoms with E-state index >= 15 is 0 Å². The molecule has 2 N–H and O–H groups in total. The smallest absolute Gasteiger partial charge is 0.332 e. The summed E-state index contributed by atoms with van der Waals surface area (Å²) in [7, 11) is 0. The highest BCUT2D eigenvalue weighted by atomic mass is 35.5. The van der Waals surface area contributed by atoms with Gasteiger partial charge in [-0.05, 0) is 43.3 Å². The van der Waals surface area contributed by atoms with E-state index in [0.29, 0.717) is 5.02 Å². The van der Waals surface area contributed by atoms with E-state index < -0.39 is 0 Å². The number of benzene rings is 2. The van der Waals surface area contributed by atoms with Crippen LogP contribution in [0.1, 0.15) is 5.56 Å². The third-order valence-electron chi connectivity index (χ3n) is 3.67. The molecule has 2 aromatic heterocycles. The van der Waals surface area contributed by atoms with Gasteiger partial charge in [0.1, 0.15) is 11.2 Å². The van der Waals surface area contributed by atoms with Crippen molar-refractivity contribution >= 4 is 33.7 Å². The van der Waals surface area contributed by atoms with Crippen molar-refractivity contribution in [3.05, 3.63) is 63.5 Å². The van der Waals surface area contributed by atoms with Crippen LogP contribution in [0.25, 0.3) is 27.8 Å². The lowest BCUT2D eigenvalue weighted by atomic mass is 10.1. The lowest BCUT2D eigenvalue weighted by Gasteiger charge is -2.03. The lowest BCUT2D eigenvalue weighted by molar-refractivity contribution is 1.02. The van der Waals surface area contributed by atoms with Gasteiger partial charge < -0.3 is 4.98 Å².